The predicted molar refractivity (Wildman–Crippen MR) is 75.8 cm³/mol. The van der Waals surface area contributed by atoms with Crippen LogP contribution >= 0.6 is 11.8 Å². The van der Waals surface area contributed by atoms with Gasteiger partial charge in [-0.1, -0.05) is 16.8 Å². The lowest BCUT2D eigenvalue weighted by Gasteiger charge is -2.08. The Morgan fingerprint density at radius 3 is 2.85 bits per heavy atom. The van der Waals surface area contributed by atoms with Crippen molar-refractivity contribution in [3.05, 3.63) is 39.7 Å². The average Bonchev–Trinajstić information content (AvgIpc) is 2.71. The van der Waals surface area contributed by atoms with Gasteiger partial charge in [0.15, 0.2) is 7.05 Å². The molecule has 7 heteroatoms. The topological polar surface area (TPSA) is 79.0 Å². The molecule has 0 aliphatic rings. The molecule has 0 fully saturated rings. The molecule has 1 aromatic heterocycles. The minimum atomic E-state index is -0.475. The molecule has 2 aromatic rings. The van der Waals surface area contributed by atoms with E-state index >= 15 is 0 Å². The third-order valence-electron chi connectivity index (χ3n) is 2.76. The second kappa shape index (κ2) is 5.96. The first-order valence-electron chi connectivity index (χ1n) is 6.05. The number of H-pyrrole nitrogens is 1. The number of thioether (sulfide) groups is 1. The lowest BCUT2D eigenvalue weighted by atomic mass is 10.1. The van der Waals surface area contributed by atoms with Crippen LogP contribution in [-0.2, 0) is 11.8 Å². The fraction of sp³-hybridized carbons (Fsp3) is 0.308. The zero-order valence-electron chi connectivity index (χ0n) is 11.5. The van der Waals surface area contributed by atoms with Crippen molar-refractivity contribution in [1.82, 2.24) is 5.27 Å². The van der Waals surface area contributed by atoms with Gasteiger partial charge in [-0.25, -0.2) is 4.79 Å². The van der Waals surface area contributed by atoms with Crippen LogP contribution in [0.1, 0.15) is 11.1 Å². The lowest BCUT2D eigenvalue weighted by Crippen LogP contribution is -2.34. The Labute approximate surface area is 120 Å². The minimum Gasteiger partial charge on any atom is -0.325 e. The van der Waals surface area contributed by atoms with Gasteiger partial charge in [0.2, 0.25) is 5.91 Å². The first-order chi connectivity index (χ1) is 9.47. The van der Waals surface area contributed by atoms with Crippen LogP contribution in [0.25, 0.3) is 0 Å². The zero-order valence-corrected chi connectivity index (χ0v) is 12.3. The van der Waals surface area contributed by atoms with Gasteiger partial charge in [-0.15, -0.1) is 0 Å². The first-order valence-corrected chi connectivity index (χ1v) is 7.03. The first kappa shape index (κ1) is 14.4. The predicted octanol–water partition coefficient (Wildman–Crippen LogP) is 1.14. The van der Waals surface area contributed by atoms with Gasteiger partial charge < -0.3 is 5.32 Å². The maximum Gasteiger partial charge on any atom is 0.441 e. The quantitative estimate of drug-likeness (QED) is 0.654. The van der Waals surface area contributed by atoms with Crippen LogP contribution in [0.3, 0.4) is 0 Å². The molecule has 0 spiro atoms. The van der Waals surface area contributed by atoms with Crippen LogP contribution in [-0.4, -0.2) is 16.9 Å². The van der Waals surface area contributed by atoms with E-state index in [4.69, 9.17) is 0 Å². The summed E-state index contributed by atoms with van der Waals surface area (Å²) in [4.78, 5) is 23.2. The highest BCUT2D eigenvalue weighted by Gasteiger charge is 2.19. The van der Waals surface area contributed by atoms with E-state index < -0.39 is 5.63 Å². The van der Waals surface area contributed by atoms with Crippen molar-refractivity contribution in [2.75, 3.05) is 11.1 Å². The summed E-state index contributed by atoms with van der Waals surface area (Å²) in [5.74, 6) is -0.0200. The number of carbonyl (C=O) groups is 1. The van der Waals surface area contributed by atoms with Gasteiger partial charge >= 0.3 is 10.7 Å². The molecule has 1 aromatic carbocycles. The number of nitrogens with one attached hydrogen (secondary N) is 2. The Bertz CT molecular complexity index is 690. The van der Waals surface area contributed by atoms with Crippen LogP contribution in [0.5, 0.6) is 0 Å². The molecule has 0 unspecified atom stereocenters. The number of rotatable bonds is 4. The van der Waals surface area contributed by atoms with Crippen LogP contribution in [0.2, 0.25) is 0 Å². The van der Waals surface area contributed by atoms with Gasteiger partial charge in [0.05, 0.1) is 5.75 Å². The van der Waals surface area contributed by atoms with Crippen LogP contribution in [0.4, 0.5) is 5.69 Å². The molecule has 0 radical (unpaired) electrons. The van der Waals surface area contributed by atoms with E-state index in [1.807, 2.05) is 32.0 Å². The summed E-state index contributed by atoms with van der Waals surface area (Å²) < 4.78 is 6.05. The number of aromatic amines is 1. The molecule has 0 bridgehead atoms. The van der Waals surface area contributed by atoms with Gasteiger partial charge in [0.1, 0.15) is 0 Å². The molecule has 6 nitrogen and oxygen atoms in total. The Balaban J connectivity index is 2.00. The van der Waals surface area contributed by atoms with Gasteiger partial charge in [-0.05, 0) is 48.1 Å². The van der Waals surface area contributed by atoms with Crippen LogP contribution in [0, 0.1) is 13.8 Å². The number of aromatic nitrogens is 2. The third kappa shape index (κ3) is 3.30. The third-order valence-corrected chi connectivity index (χ3v) is 3.88. The van der Waals surface area contributed by atoms with Crippen molar-refractivity contribution < 1.29 is 14.0 Å². The van der Waals surface area contributed by atoms with Gasteiger partial charge in [-0.3, -0.25) is 9.32 Å². The van der Waals surface area contributed by atoms with Crippen LogP contribution < -0.4 is 15.6 Å². The number of amides is 1. The number of hydrogen-bond donors (Lipinski definition) is 2. The Morgan fingerprint density at radius 2 is 2.20 bits per heavy atom. The standard InChI is InChI=1S/C13H15N3O3S/c1-8-4-5-9(2)10(6-8)14-11(17)7-20-12-13(18)19-15-16(12)3/h4-6H,7H2,1-3H3,(H-,14,15,17,18)/p+1. The van der Waals surface area contributed by atoms with Crippen molar-refractivity contribution in [1.29, 1.82) is 0 Å². The Morgan fingerprint density at radius 1 is 1.45 bits per heavy atom. The van der Waals surface area contributed by atoms with Gasteiger partial charge in [0.25, 0.3) is 0 Å². The highest BCUT2D eigenvalue weighted by Crippen LogP contribution is 2.17. The van der Waals surface area contributed by atoms with Crippen molar-refractivity contribution in [2.24, 2.45) is 7.05 Å². The van der Waals surface area contributed by atoms with E-state index in [0.29, 0.717) is 5.03 Å². The smallest absolute Gasteiger partial charge is 0.325 e. The largest absolute Gasteiger partial charge is 0.441 e. The fourth-order valence-electron chi connectivity index (χ4n) is 1.68. The molecule has 0 atom stereocenters. The van der Waals surface area contributed by atoms with Crippen molar-refractivity contribution in [2.45, 2.75) is 18.9 Å². The summed E-state index contributed by atoms with van der Waals surface area (Å²) in [6.45, 7) is 3.90. The zero-order chi connectivity index (χ0) is 14.7. The summed E-state index contributed by atoms with van der Waals surface area (Å²) in [5.41, 5.74) is 2.40. The number of carbonyl (C=O) groups excluding carboxylic acids is 1. The maximum atomic E-state index is 11.9. The molecular weight excluding hydrogens is 278 g/mol. The number of nitrogens with zero attached hydrogens (tertiary/aromatic N) is 1. The molecule has 2 rings (SSSR count). The van der Waals surface area contributed by atoms with E-state index in [2.05, 4.69) is 15.1 Å². The average molecular weight is 294 g/mol. The highest BCUT2D eigenvalue weighted by molar-refractivity contribution is 7.99. The lowest BCUT2D eigenvalue weighted by molar-refractivity contribution is -0.772. The Hall–Kier alpha value is -2.02. The fourth-order valence-corrected chi connectivity index (χ4v) is 2.41. The normalized spacial score (nSPS) is 10.6. The molecule has 0 aliphatic carbocycles. The number of benzene rings is 1. The minimum absolute atomic E-state index is 0.143. The molecule has 0 saturated heterocycles. The van der Waals surface area contributed by atoms with Gasteiger partial charge in [0, 0.05) is 5.69 Å². The van der Waals surface area contributed by atoms with Gasteiger partial charge in [-0.2, -0.15) is 0 Å². The molecule has 2 N–H and O–H groups in total. The van der Waals surface area contributed by atoms with E-state index in [9.17, 15) is 9.59 Å². The number of hydrogen-bond acceptors (Lipinski definition) is 4. The summed E-state index contributed by atoms with van der Waals surface area (Å²) in [6.07, 6.45) is 0. The van der Waals surface area contributed by atoms with E-state index in [-0.39, 0.29) is 11.7 Å². The second-order valence-corrected chi connectivity index (χ2v) is 5.46. The number of aryl methyl sites for hydroxylation is 3. The molecule has 0 aliphatic heterocycles. The molecular formula is C13H16N3O3S+. The monoisotopic (exact) mass is 294 g/mol. The van der Waals surface area contributed by atoms with E-state index in [1.54, 1.807) is 7.05 Å². The SMILES string of the molecule is Cc1ccc(C)c(NC(=O)CSc2c(=O)o[nH][n+]2C)c1. The van der Waals surface area contributed by atoms with E-state index in [0.717, 1.165) is 28.6 Å². The molecule has 20 heavy (non-hydrogen) atoms. The maximum absolute atomic E-state index is 11.9. The van der Waals surface area contributed by atoms with Crippen LogP contribution in [0.15, 0.2) is 32.5 Å². The summed E-state index contributed by atoms with van der Waals surface area (Å²) in [7, 11) is 1.65. The van der Waals surface area contributed by atoms with Crippen molar-refractivity contribution in [3.63, 3.8) is 0 Å². The highest BCUT2D eigenvalue weighted by atomic mass is 32.2. The molecule has 106 valence electrons. The van der Waals surface area contributed by atoms with Crippen molar-refractivity contribution >= 4 is 23.4 Å². The summed E-state index contributed by atoms with van der Waals surface area (Å²) in [6, 6.07) is 5.87. The molecule has 1 amide bonds. The van der Waals surface area contributed by atoms with E-state index in [1.165, 1.54) is 4.68 Å². The second-order valence-electron chi connectivity index (χ2n) is 4.50. The van der Waals surface area contributed by atoms with Crippen molar-refractivity contribution in [3.8, 4) is 0 Å². The Kier molecular flexibility index (Phi) is 4.29. The summed E-state index contributed by atoms with van der Waals surface area (Å²) >= 11 is 1.13. The molecule has 0 saturated carbocycles. The summed E-state index contributed by atoms with van der Waals surface area (Å²) in [5, 5.41) is 5.61. The number of anilines is 1. The molecule has 1 heterocycles.